The smallest absolute Gasteiger partial charge is 0.244 e. The van der Waals surface area contributed by atoms with E-state index in [2.05, 4.69) is 5.32 Å². The summed E-state index contributed by atoms with van der Waals surface area (Å²) in [5, 5.41) is 2.83. The quantitative estimate of drug-likeness (QED) is 0.634. The molecule has 0 unspecified atom stereocenters. The molecular formula is C24H24N2O3. The third kappa shape index (κ3) is 5.94. The molecule has 0 heterocycles. The van der Waals surface area contributed by atoms with Gasteiger partial charge in [0.1, 0.15) is 18.0 Å². The summed E-state index contributed by atoms with van der Waals surface area (Å²) in [5.74, 6) is 1.04. The second kappa shape index (κ2) is 9.55. The van der Waals surface area contributed by atoms with Crippen molar-refractivity contribution < 1.29 is 14.3 Å². The molecule has 0 radical (unpaired) electrons. The van der Waals surface area contributed by atoms with Gasteiger partial charge in [0, 0.05) is 19.2 Å². The van der Waals surface area contributed by atoms with Crippen LogP contribution in [-0.2, 0) is 16.1 Å². The van der Waals surface area contributed by atoms with Gasteiger partial charge in [-0.1, -0.05) is 42.5 Å². The Bertz CT molecular complexity index is 969. The average molecular weight is 388 g/mol. The summed E-state index contributed by atoms with van der Waals surface area (Å²) in [6.45, 7) is 3.86. The number of amides is 2. The Hall–Kier alpha value is -3.60. The molecule has 5 nitrogen and oxygen atoms in total. The van der Waals surface area contributed by atoms with Crippen molar-refractivity contribution in [3.63, 3.8) is 0 Å². The molecule has 0 spiro atoms. The number of aryl methyl sites for hydroxylation is 1. The minimum Gasteiger partial charge on any atom is -0.457 e. The van der Waals surface area contributed by atoms with Crippen molar-refractivity contribution in [2.75, 3.05) is 11.9 Å². The number of hydrogen-bond donors (Lipinski definition) is 1. The van der Waals surface area contributed by atoms with Crippen LogP contribution in [0.5, 0.6) is 11.5 Å². The van der Waals surface area contributed by atoms with Crippen molar-refractivity contribution in [2.24, 2.45) is 0 Å². The molecule has 2 amide bonds. The topological polar surface area (TPSA) is 58.6 Å². The van der Waals surface area contributed by atoms with E-state index in [9.17, 15) is 9.59 Å². The fraction of sp³-hybridized carbons (Fsp3) is 0.167. The highest BCUT2D eigenvalue weighted by atomic mass is 16.5. The number of anilines is 1. The fourth-order valence-electron chi connectivity index (χ4n) is 2.88. The summed E-state index contributed by atoms with van der Waals surface area (Å²) in [6, 6.07) is 24.5. The van der Waals surface area contributed by atoms with Crippen molar-refractivity contribution in [3.05, 3.63) is 90.0 Å². The molecular weight excluding hydrogens is 364 g/mol. The number of rotatable bonds is 7. The van der Waals surface area contributed by atoms with Gasteiger partial charge in [-0.15, -0.1) is 0 Å². The van der Waals surface area contributed by atoms with Gasteiger partial charge in [-0.2, -0.15) is 0 Å². The van der Waals surface area contributed by atoms with Gasteiger partial charge in [0.15, 0.2) is 0 Å². The molecule has 3 aromatic carbocycles. The maximum Gasteiger partial charge on any atom is 0.244 e. The maximum absolute atomic E-state index is 12.4. The number of carbonyl (C=O) groups excluding carboxylic acids is 2. The zero-order chi connectivity index (χ0) is 20.6. The van der Waals surface area contributed by atoms with Crippen LogP contribution < -0.4 is 10.1 Å². The van der Waals surface area contributed by atoms with Gasteiger partial charge in [0.2, 0.25) is 11.8 Å². The first kappa shape index (κ1) is 20.1. The first-order valence-electron chi connectivity index (χ1n) is 9.44. The van der Waals surface area contributed by atoms with Crippen LogP contribution in [0.1, 0.15) is 18.1 Å². The van der Waals surface area contributed by atoms with Crippen LogP contribution in [0.4, 0.5) is 5.69 Å². The monoisotopic (exact) mass is 388 g/mol. The van der Waals surface area contributed by atoms with E-state index in [0.29, 0.717) is 18.0 Å². The van der Waals surface area contributed by atoms with Crippen molar-refractivity contribution in [3.8, 4) is 11.5 Å². The maximum atomic E-state index is 12.4. The Balaban J connectivity index is 1.58. The second-order valence-electron chi connectivity index (χ2n) is 6.79. The number of ether oxygens (including phenoxy) is 1. The molecule has 3 rings (SSSR count). The molecule has 0 aromatic heterocycles. The lowest BCUT2D eigenvalue weighted by Crippen LogP contribution is -2.36. The van der Waals surface area contributed by atoms with Crippen LogP contribution in [-0.4, -0.2) is 23.3 Å². The summed E-state index contributed by atoms with van der Waals surface area (Å²) in [5.41, 5.74) is 2.76. The predicted octanol–water partition coefficient (Wildman–Crippen LogP) is 4.77. The first-order chi connectivity index (χ1) is 14.0. The molecule has 0 aliphatic heterocycles. The minimum atomic E-state index is -0.245. The highest BCUT2D eigenvalue weighted by molar-refractivity contribution is 5.94. The summed E-state index contributed by atoms with van der Waals surface area (Å²) >= 11 is 0. The molecule has 0 fully saturated rings. The minimum absolute atomic E-state index is 0.00800. The molecule has 3 aromatic rings. The summed E-state index contributed by atoms with van der Waals surface area (Å²) in [6.07, 6.45) is 0. The molecule has 1 N–H and O–H groups in total. The zero-order valence-corrected chi connectivity index (χ0v) is 16.6. The highest BCUT2D eigenvalue weighted by Gasteiger charge is 2.15. The van der Waals surface area contributed by atoms with Crippen molar-refractivity contribution in [1.82, 2.24) is 4.90 Å². The standard InChI is InChI=1S/C24H24N2O3/c1-18-8-6-7-9-20(18)16-26(19(2)27)17-24(28)25-21-12-14-23(15-13-21)29-22-10-4-3-5-11-22/h3-15H,16-17H2,1-2H3,(H,25,28). The Morgan fingerprint density at radius 2 is 1.48 bits per heavy atom. The van der Waals surface area contributed by atoms with E-state index >= 15 is 0 Å². The van der Waals surface area contributed by atoms with Gasteiger partial charge in [0.05, 0.1) is 0 Å². The van der Waals surface area contributed by atoms with Gasteiger partial charge >= 0.3 is 0 Å². The Morgan fingerprint density at radius 1 is 0.862 bits per heavy atom. The molecule has 0 saturated heterocycles. The molecule has 0 bridgehead atoms. The molecule has 0 aliphatic carbocycles. The number of hydrogen-bond acceptors (Lipinski definition) is 3. The van der Waals surface area contributed by atoms with Crippen LogP contribution in [0.3, 0.4) is 0 Å². The van der Waals surface area contributed by atoms with E-state index in [-0.39, 0.29) is 18.4 Å². The normalized spacial score (nSPS) is 10.3. The molecule has 5 heteroatoms. The molecule has 0 saturated carbocycles. The number of benzene rings is 3. The third-order valence-corrected chi connectivity index (χ3v) is 4.52. The summed E-state index contributed by atoms with van der Waals surface area (Å²) in [7, 11) is 0. The van der Waals surface area contributed by atoms with Gasteiger partial charge in [-0.05, 0) is 54.4 Å². The Kier molecular flexibility index (Phi) is 6.63. The van der Waals surface area contributed by atoms with E-state index < -0.39 is 0 Å². The van der Waals surface area contributed by atoms with Gasteiger partial charge in [0.25, 0.3) is 0 Å². The number of nitrogens with zero attached hydrogens (tertiary/aromatic N) is 1. The van der Waals surface area contributed by atoms with Crippen LogP contribution in [0.25, 0.3) is 0 Å². The number of nitrogens with one attached hydrogen (secondary N) is 1. The van der Waals surface area contributed by atoms with Crippen LogP contribution in [0.2, 0.25) is 0 Å². The van der Waals surface area contributed by atoms with Gasteiger partial charge in [-0.25, -0.2) is 0 Å². The lowest BCUT2D eigenvalue weighted by molar-refractivity contribution is -0.133. The van der Waals surface area contributed by atoms with Crippen LogP contribution in [0.15, 0.2) is 78.9 Å². The van der Waals surface area contributed by atoms with E-state index in [1.807, 2.05) is 61.5 Å². The van der Waals surface area contributed by atoms with Crippen LogP contribution in [0, 0.1) is 6.92 Å². The first-order valence-corrected chi connectivity index (χ1v) is 9.44. The molecule has 148 valence electrons. The van der Waals surface area contributed by atoms with Crippen molar-refractivity contribution >= 4 is 17.5 Å². The molecule has 0 atom stereocenters. The number of para-hydroxylation sites is 1. The molecule has 0 aliphatic rings. The SMILES string of the molecule is CC(=O)N(CC(=O)Nc1ccc(Oc2ccccc2)cc1)Cc1ccccc1C. The van der Waals surface area contributed by atoms with E-state index in [1.54, 1.807) is 24.3 Å². The summed E-state index contributed by atoms with van der Waals surface area (Å²) in [4.78, 5) is 26.0. The second-order valence-corrected chi connectivity index (χ2v) is 6.79. The lowest BCUT2D eigenvalue weighted by Gasteiger charge is -2.21. The van der Waals surface area contributed by atoms with E-state index in [4.69, 9.17) is 4.74 Å². The predicted molar refractivity (Wildman–Crippen MR) is 114 cm³/mol. The van der Waals surface area contributed by atoms with E-state index in [1.165, 1.54) is 11.8 Å². The highest BCUT2D eigenvalue weighted by Crippen LogP contribution is 2.22. The summed E-state index contributed by atoms with van der Waals surface area (Å²) < 4.78 is 5.75. The third-order valence-electron chi connectivity index (χ3n) is 4.52. The van der Waals surface area contributed by atoms with Gasteiger partial charge in [-0.3, -0.25) is 9.59 Å². The van der Waals surface area contributed by atoms with Gasteiger partial charge < -0.3 is 15.0 Å². The number of carbonyl (C=O) groups is 2. The molecule has 29 heavy (non-hydrogen) atoms. The van der Waals surface area contributed by atoms with Crippen LogP contribution >= 0.6 is 0 Å². The lowest BCUT2D eigenvalue weighted by atomic mass is 10.1. The fourth-order valence-corrected chi connectivity index (χ4v) is 2.88. The van der Waals surface area contributed by atoms with Crippen molar-refractivity contribution in [2.45, 2.75) is 20.4 Å². The Labute approximate surface area is 170 Å². The zero-order valence-electron chi connectivity index (χ0n) is 16.6. The average Bonchev–Trinajstić information content (AvgIpc) is 2.71. The largest absolute Gasteiger partial charge is 0.457 e. The Morgan fingerprint density at radius 3 is 2.14 bits per heavy atom. The van der Waals surface area contributed by atoms with E-state index in [0.717, 1.165) is 16.9 Å². The van der Waals surface area contributed by atoms with Crippen molar-refractivity contribution in [1.29, 1.82) is 0 Å².